The fourth-order valence-electron chi connectivity index (χ4n) is 2.04. The Hall–Kier alpha value is -1.36. The van der Waals surface area contributed by atoms with E-state index in [1.54, 1.807) is 17.8 Å². The van der Waals surface area contributed by atoms with Crippen molar-refractivity contribution in [3.63, 3.8) is 0 Å². The zero-order chi connectivity index (χ0) is 13.8. The van der Waals surface area contributed by atoms with Gasteiger partial charge >= 0.3 is 0 Å². The molecule has 3 N–H and O–H groups in total. The van der Waals surface area contributed by atoms with Crippen molar-refractivity contribution >= 4 is 5.91 Å². The monoisotopic (exact) mass is 252 g/mol. The van der Waals surface area contributed by atoms with Gasteiger partial charge in [-0.05, 0) is 37.8 Å². The van der Waals surface area contributed by atoms with Crippen LogP contribution in [0.5, 0.6) is 0 Å². The van der Waals surface area contributed by atoms with Gasteiger partial charge in [-0.25, -0.2) is 0 Å². The lowest BCUT2D eigenvalue weighted by Gasteiger charge is -2.30. The predicted molar refractivity (Wildman–Crippen MR) is 72.3 cm³/mol. The first kappa shape index (κ1) is 14.7. The van der Waals surface area contributed by atoms with Crippen LogP contribution in [0.25, 0.3) is 0 Å². The third kappa shape index (κ3) is 3.10. The van der Waals surface area contributed by atoms with Gasteiger partial charge in [0.15, 0.2) is 0 Å². The van der Waals surface area contributed by atoms with Gasteiger partial charge in [-0.1, -0.05) is 13.8 Å². The van der Waals surface area contributed by atoms with Crippen LogP contribution in [0.2, 0.25) is 0 Å². The van der Waals surface area contributed by atoms with Crippen molar-refractivity contribution in [1.29, 1.82) is 0 Å². The number of rotatable bonds is 6. The van der Waals surface area contributed by atoms with E-state index in [4.69, 9.17) is 5.73 Å². The van der Waals surface area contributed by atoms with E-state index in [0.29, 0.717) is 18.8 Å². The highest BCUT2D eigenvalue weighted by atomic mass is 16.2. The summed E-state index contributed by atoms with van der Waals surface area (Å²) in [7, 11) is 1.78. The Morgan fingerprint density at radius 2 is 2.11 bits per heavy atom. The van der Waals surface area contributed by atoms with Crippen LogP contribution < -0.4 is 11.1 Å². The minimum absolute atomic E-state index is 0.00327. The normalized spacial score (nSPS) is 11.6. The van der Waals surface area contributed by atoms with Crippen molar-refractivity contribution in [1.82, 2.24) is 15.1 Å². The van der Waals surface area contributed by atoms with Crippen LogP contribution in [0.4, 0.5) is 0 Å². The highest BCUT2D eigenvalue weighted by Crippen LogP contribution is 2.23. The van der Waals surface area contributed by atoms with Crippen molar-refractivity contribution in [3.8, 4) is 0 Å². The molecule has 0 aliphatic rings. The van der Waals surface area contributed by atoms with E-state index in [2.05, 4.69) is 24.3 Å². The second kappa shape index (κ2) is 6.00. The summed E-state index contributed by atoms with van der Waals surface area (Å²) in [6, 6.07) is 1.79. The molecule has 0 saturated carbocycles. The molecule has 0 aliphatic heterocycles. The lowest BCUT2D eigenvalue weighted by molar-refractivity contribution is 0.0918. The summed E-state index contributed by atoms with van der Waals surface area (Å²) < 4.78 is 1.60. The molecule has 5 nitrogen and oxygen atoms in total. The van der Waals surface area contributed by atoms with Gasteiger partial charge in [-0.15, -0.1) is 0 Å². The van der Waals surface area contributed by atoms with Crippen molar-refractivity contribution in [2.45, 2.75) is 33.6 Å². The zero-order valence-electron chi connectivity index (χ0n) is 11.8. The van der Waals surface area contributed by atoms with Crippen LogP contribution in [-0.4, -0.2) is 28.8 Å². The van der Waals surface area contributed by atoms with Crippen LogP contribution in [0.1, 0.15) is 42.9 Å². The van der Waals surface area contributed by atoms with E-state index >= 15 is 0 Å². The third-order valence-corrected chi connectivity index (χ3v) is 3.79. The molecule has 102 valence electrons. The third-order valence-electron chi connectivity index (χ3n) is 3.79. The van der Waals surface area contributed by atoms with E-state index in [9.17, 15) is 4.79 Å². The minimum atomic E-state index is -0.0853. The van der Waals surface area contributed by atoms with Crippen molar-refractivity contribution in [2.24, 2.45) is 18.2 Å². The molecular formula is C13H24N4O. The molecule has 1 aromatic rings. The maximum atomic E-state index is 12.1. The molecule has 0 aromatic carbocycles. The number of aromatic nitrogens is 2. The molecule has 0 radical (unpaired) electrons. The molecule has 1 heterocycles. The summed E-state index contributed by atoms with van der Waals surface area (Å²) in [5.41, 5.74) is 7.26. The fraction of sp³-hybridized carbons (Fsp3) is 0.692. The fourth-order valence-corrected chi connectivity index (χ4v) is 2.04. The van der Waals surface area contributed by atoms with Crippen LogP contribution in [0.15, 0.2) is 6.07 Å². The first-order valence-corrected chi connectivity index (χ1v) is 6.47. The van der Waals surface area contributed by atoms with E-state index in [0.717, 1.165) is 18.5 Å². The van der Waals surface area contributed by atoms with Crippen LogP contribution in [-0.2, 0) is 7.05 Å². The van der Waals surface area contributed by atoms with Gasteiger partial charge in [0.2, 0.25) is 0 Å². The maximum absolute atomic E-state index is 12.1. The second-order valence-electron chi connectivity index (χ2n) is 4.89. The first-order chi connectivity index (χ1) is 8.48. The van der Waals surface area contributed by atoms with E-state index < -0.39 is 0 Å². The van der Waals surface area contributed by atoms with E-state index in [1.165, 1.54) is 0 Å². The molecule has 0 atom stereocenters. The maximum Gasteiger partial charge on any atom is 0.269 e. The van der Waals surface area contributed by atoms with Crippen LogP contribution in [0.3, 0.4) is 0 Å². The Morgan fingerprint density at radius 3 is 2.50 bits per heavy atom. The highest BCUT2D eigenvalue weighted by Gasteiger charge is 2.25. The Balaban J connectivity index is 2.69. The topological polar surface area (TPSA) is 72.9 Å². The molecule has 1 aromatic heterocycles. The number of nitrogens with zero attached hydrogens (tertiary/aromatic N) is 2. The SMILES string of the molecule is CCC(CC)(CN)CNC(=O)c1cc(C)nn1C. The van der Waals surface area contributed by atoms with E-state index in [1.807, 2.05) is 6.92 Å². The zero-order valence-corrected chi connectivity index (χ0v) is 11.8. The van der Waals surface area contributed by atoms with Crippen molar-refractivity contribution in [2.75, 3.05) is 13.1 Å². The molecular weight excluding hydrogens is 228 g/mol. The van der Waals surface area contributed by atoms with Crippen LogP contribution >= 0.6 is 0 Å². The van der Waals surface area contributed by atoms with Gasteiger partial charge in [0.25, 0.3) is 5.91 Å². The molecule has 5 heteroatoms. The lowest BCUT2D eigenvalue weighted by Crippen LogP contribution is -2.42. The number of carbonyl (C=O) groups is 1. The Bertz CT molecular complexity index is 399. The molecule has 0 spiro atoms. The van der Waals surface area contributed by atoms with E-state index in [-0.39, 0.29) is 11.3 Å². The Kier molecular flexibility index (Phi) is 4.90. The Labute approximate surface area is 109 Å². The number of nitrogens with two attached hydrogens (primary N) is 1. The molecule has 0 bridgehead atoms. The second-order valence-corrected chi connectivity index (χ2v) is 4.89. The molecule has 0 aliphatic carbocycles. The summed E-state index contributed by atoms with van der Waals surface area (Å²) >= 11 is 0. The smallest absolute Gasteiger partial charge is 0.269 e. The predicted octanol–water partition coefficient (Wildman–Crippen LogP) is 1.22. The Morgan fingerprint density at radius 1 is 1.50 bits per heavy atom. The van der Waals surface area contributed by atoms with Crippen molar-refractivity contribution in [3.05, 3.63) is 17.5 Å². The van der Waals surface area contributed by atoms with Gasteiger partial charge in [0.1, 0.15) is 5.69 Å². The molecule has 0 unspecified atom stereocenters. The van der Waals surface area contributed by atoms with Gasteiger partial charge < -0.3 is 11.1 Å². The molecule has 1 amide bonds. The molecule has 0 saturated heterocycles. The quantitative estimate of drug-likeness (QED) is 0.799. The summed E-state index contributed by atoms with van der Waals surface area (Å²) in [5.74, 6) is -0.0853. The lowest BCUT2D eigenvalue weighted by atomic mass is 9.82. The summed E-state index contributed by atoms with van der Waals surface area (Å²) in [5, 5.41) is 7.14. The van der Waals surface area contributed by atoms with Gasteiger partial charge in [0, 0.05) is 13.6 Å². The number of nitrogens with one attached hydrogen (secondary N) is 1. The largest absolute Gasteiger partial charge is 0.350 e. The molecule has 0 fully saturated rings. The molecule has 1 rings (SSSR count). The number of amides is 1. The molecule has 18 heavy (non-hydrogen) atoms. The van der Waals surface area contributed by atoms with Gasteiger partial charge in [-0.2, -0.15) is 5.10 Å². The van der Waals surface area contributed by atoms with Crippen molar-refractivity contribution < 1.29 is 4.79 Å². The summed E-state index contributed by atoms with van der Waals surface area (Å²) in [6.07, 6.45) is 1.93. The van der Waals surface area contributed by atoms with Gasteiger partial charge in [0.05, 0.1) is 5.69 Å². The average molecular weight is 252 g/mol. The number of aryl methyl sites for hydroxylation is 2. The summed E-state index contributed by atoms with van der Waals surface area (Å²) in [4.78, 5) is 12.1. The number of carbonyl (C=O) groups excluding carboxylic acids is 1. The summed E-state index contributed by atoms with van der Waals surface area (Å²) in [6.45, 7) is 7.29. The number of hydrogen-bond acceptors (Lipinski definition) is 3. The number of hydrogen-bond donors (Lipinski definition) is 2. The average Bonchev–Trinajstić information content (AvgIpc) is 2.70. The standard InChI is InChI=1S/C13H24N4O/c1-5-13(6-2,8-14)9-15-12(18)11-7-10(3)16-17(11)4/h7H,5-6,8-9,14H2,1-4H3,(H,15,18). The van der Waals surface area contributed by atoms with Gasteiger partial charge in [-0.3, -0.25) is 9.48 Å². The first-order valence-electron chi connectivity index (χ1n) is 6.47. The van der Waals surface area contributed by atoms with Crippen LogP contribution in [0, 0.1) is 12.3 Å². The highest BCUT2D eigenvalue weighted by molar-refractivity contribution is 5.92. The minimum Gasteiger partial charge on any atom is -0.350 e.